The van der Waals surface area contributed by atoms with Crippen molar-refractivity contribution in [3.8, 4) is 0 Å². The maximum atomic E-state index is 5.97. The molecule has 0 atom stereocenters. The minimum absolute atomic E-state index is 0.569. The van der Waals surface area contributed by atoms with Gasteiger partial charge in [-0.2, -0.15) is 0 Å². The summed E-state index contributed by atoms with van der Waals surface area (Å²) < 4.78 is 2.16. The minimum Gasteiger partial charge on any atom is -0.354 e. The second-order valence-corrected chi connectivity index (χ2v) is 6.81. The fourth-order valence-corrected chi connectivity index (χ4v) is 3.46. The Morgan fingerprint density at radius 1 is 1.26 bits per heavy atom. The third-order valence-corrected chi connectivity index (χ3v) is 4.94. The van der Waals surface area contributed by atoms with Crippen LogP contribution in [0.1, 0.15) is 31.4 Å². The number of thiazole rings is 1. The van der Waals surface area contributed by atoms with Gasteiger partial charge in [0, 0.05) is 31.2 Å². The summed E-state index contributed by atoms with van der Waals surface area (Å²) in [6.45, 7) is 2.92. The lowest BCUT2D eigenvalue weighted by atomic mass is 10.3. The summed E-state index contributed by atoms with van der Waals surface area (Å²) in [5, 5.41) is 2.08. The van der Waals surface area contributed by atoms with Crippen LogP contribution in [-0.4, -0.2) is 22.5 Å². The Bertz CT molecular complexity index is 565. The first-order valence-corrected chi connectivity index (χ1v) is 8.12. The largest absolute Gasteiger partial charge is 0.354 e. The van der Waals surface area contributed by atoms with E-state index in [0.717, 1.165) is 22.6 Å². The van der Waals surface area contributed by atoms with Crippen LogP contribution in [0.5, 0.6) is 0 Å². The van der Waals surface area contributed by atoms with Crippen molar-refractivity contribution in [2.75, 3.05) is 18.0 Å². The molecule has 5 heteroatoms. The average Bonchev–Trinajstić information content (AvgIpc) is 3.30. The van der Waals surface area contributed by atoms with E-state index in [0.29, 0.717) is 6.54 Å². The molecule has 2 aliphatic carbocycles. The number of rotatable bonds is 6. The molecule has 102 valence electrons. The van der Waals surface area contributed by atoms with Gasteiger partial charge in [0.2, 0.25) is 0 Å². The summed E-state index contributed by atoms with van der Waals surface area (Å²) in [7, 11) is 0. The molecule has 0 aliphatic heterocycles. The Balaban J connectivity index is 1.68. The molecule has 0 saturated heterocycles. The third-order valence-electron chi connectivity index (χ3n) is 4.18. The fraction of sp³-hybridized carbons (Fsp3) is 0.643. The van der Waals surface area contributed by atoms with Crippen LogP contribution in [0, 0.1) is 11.8 Å². The van der Waals surface area contributed by atoms with Crippen molar-refractivity contribution in [1.82, 2.24) is 9.38 Å². The highest BCUT2D eigenvalue weighted by atomic mass is 32.1. The van der Waals surface area contributed by atoms with Crippen molar-refractivity contribution in [3.63, 3.8) is 0 Å². The van der Waals surface area contributed by atoms with E-state index in [2.05, 4.69) is 20.9 Å². The lowest BCUT2D eigenvalue weighted by molar-refractivity contribution is 0.669. The van der Waals surface area contributed by atoms with E-state index >= 15 is 0 Å². The zero-order chi connectivity index (χ0) is 12.8. The van der Waals surface area contributed by atoms with Crippen molar-refractivity contribution in [2.24, 2.45) is 17.6 Å². The first-order valence-electron chi connectivity index (χ1n) is 7.24. The van der Waals surface area contributed by atoms with Crippen molar-refractivity contribution < 1.29 is 0 Å². The summed E-state index contributed by atoms with van der Waals surface area (Å²) >= 11 is 1.69. The molecule has 2 saturated carbocycles. The molecule has 0 amide bonds. The third kappa shape index (κ3) is 2.25. The van der Waals surface area contributed by atoms with Gasteiger partial charge in [0.05, 0.1) is 5.69 Å². The quantitative estimate of drug-likeness (QED) is 0.881. The summed E-state index contributed by atoms with van der Waals surface area (Å²) in [4.78, 5) is 8.42. The van der Waals surface area contributed by atoms with Gasteiger partial charge in [-0.3, -0.25) is 4.40 Å². The summed E-state index contributed by atoms with van der Waals surface area (Å²) in [5.74, 6) is 2.93. The van der Waals surface area contributed by atoms with E-state index in [1.165, 1.54) is 44.5 Å². The fourth-order valence-electron chi connectivity index (χ4n) is 2.74. The molecule has 2 heterocycles. The zero-order valence-electron chi connectivity index (χ0n) is 11.1. The second-order valence-electron chi connectivity index (χ2n) is 5.93. The van der Waals surface area contributed by atoms with Crippen LogP contribution in [0.2, 0.25) is 0 Å². The number of nitrogens with two attached hydrogens (primary N) is 1. The molecule has 0 bridgehead atoms. The SMILES string of the molecule is NCc1c(N(CC2CC2)CC2CC2)nc2sccn12. The van der Waals surface area contributed by atoms with Gasteiger partial charge in [0.25, 0.3) is 0 Å². The summed E-state index contributed by atoms with van der Waals surface area (Å²) in [6.07, 6.45) is 7.65. The molecule has 19 heavy (non-hydrogen) atoms. The lowest BCUT2D eigenvalue weighted by Gasteiger charge is -2.23. The Morgan fingerprint density at radius 2 is 1.95 bits per heavy atom. The van der Waals surface area contributed by atoms with Gasteiger partial charge >= 0.3 is 0 Å². The number of nitrogens with zero attached hydrogens (tertiary/aromatic N) is 3. The maximum absolute atomic E-state index is 5.97. The molecule has 2 aromatic rings. The molecule has 4 nitrogen and oxygen atoms in total. The van der Waals surface area contributed by atoms with Crippen LogP contribution < -0.4 is 10.6 Å². The Hall–Kier alpha value is -1.07. The smallest absolute Gasteiger partial charge is 0.195 e. The van der Waals surface area contributed by atoms with Gasteiger partial charge in [-0.15, -0.1) is 11.3 Å². The predicted molar refractivity (Wildman–Crippen MR) is 78.6 cm³/mol. The van der Waals surface area contributed by atoms with E-state index in [1.807, 2.05) is 0 Å². The normalized spacial score (nSPS) is 19.2. The predicted octanol–water partition coefficient (Wildman–Crippen LogP) is 2.48. The molecule has 4 rings (SSSR count). The maximum Gasteiger partial charge on any atom is 0.195 e. The first kappa shape index (κ1) is 11.7. The number of hydrogen-bond donors (Lipinski definition) is 1. The monoisotopic (exact) mass is 276 g/mol. The summed E-state index contributed by atoms with van der Waals surface area (Å²) in [5.41, 5.74) is 7.15. The number of hydrogen-bond acceptors (Lipinski definition) is 4. The van der Waals surface area contributed by atoms with E-state index in [4.69, 9.17) is 10.7 Å². The highest BCUT2D eigenvalue weighted by molar-refractivity contribution is 7.15. The number of anilines is 1. The Morgan fingerprint density at radius 3 is 2.53 bits per heavy atom. The second kappa shape index (κ2) is 4.49. The van der Waals surface area contributed by atoms with Crippen LogP contribution in [0.3, 0.4) is 0 Å². The van der Waals surface area contributed by atoms with Crippen LogP contribution in [0.15, 0.2) is 11.6 Å². The van der Waals surface area contributed by atoms with Crippen LogP contribution in [-0.2, 0) is 6.54 Å². The highest BCUT2D eigenvalue weighted by Gasteiger charge is 2.31. The van der Waals surface area contributed by atoms with Gasteiger partial charge in [0.15, 0.2) is 10.8 Å². The van der Waals surface area contributed by atoms with Crippen LogP contribution >= 0.6 is 11.3 Å². The molecule has 0 aromatic carbocycles. The van der Waals surface area contributed by atoms with Crippen molar-refractivity contribution in [2.45, 2.75) is 32.2 Å². The van der Waals surface area contributed by atoms with Gasteiger partial charge in [0.1, 0.15) is 0 Å². The molecule has 2 N–H and O–H groups in total. The molecule has 0 spiro atoms. The van der Waals surface area contributed by atoms with Gasteiger partial charge in [-0.25, -0.2) is 4.98 Å². The van der Waals surface area contributed by atoms with E-state index in [9.17, 15) is 0 Å². The Labute approximate surface area is 117 Å². The standard InChI is InChI=1S/C14H20N4S/c15-7-12-13(16-14-18(12)5-6-19-14)17(8-10-1-2-10)9-11-3-4-11/h5-6,10-11H,1-4,7-9,15H2. The number of imidazole rings is 1. The van der Waals surface area contributed by atoms with Gasteiger partial charge in [-0.05, 0) is 37.5 Å². The molecule has 2 aliphatic rings. The van der Waals surface area contributed by atoms with E-state index < -0.39 is 0 Å². The average molecular weight is 276 g/mol. The van der Waals surface area contributed by atoms with Crippen molar-refractivity contribution in [3.05, 3.63) is 17.3 Å². The first-order chi connectivity index (χ1) is 9.35. The number of aromatic nitrogens is 2. The van der Waals surface area contributed by atoms with Crippen molar-refractivity contribution in [1.29, 1.82) is 0 Å². The summed E-state index contributed by atoms with van der Waals surface area (Å²) in [6, 6.07) is 0. The molecule has 2 fully saturated rings. The minimum atomic E-state index is 0.569. The molecule has 0 unspecified atom stereocenters. The molecular formula is C14H20N4S. The lowest BCUT2D eigenvalue weighted by Crippen LogP contribution is -2.29. The van der Waals surface area contributed by atoms with Crippen molar-refractivity contribution >= 4 is 22.1 Å². The number of fused-ring (bicyclic) bond motifs is 1. The van der Waals surface area contributed by atoms with E-state index in [-0.39, 0.29) is 0 Å². The van der Waals surface area contributed by atoms with E-state index in [1.54, 1.807) is 11.3 Å². The highest BCUT2D eigenvalue weighted by Crippen LogP contribution is 2.36. The zero-order valence-corrected chi connectivity index (χ0v) is 11.9. The molecule has 0 radical (unpaired) electrons. The Kier molecular flexibility index (Phi) is 2.77. The molecular weight excluding hydrogens is 256 g/mol. The van der Waals surface area contributed by atoms with Crippen LogP contribution in [0.25, 0.3) is 4.96 Å². The molecule has 2 aromatic heterocycles. The van der Waals surface area contributed by atoms with Gasteiger partial charge in [-0.1, -0.05) is 0 Å². The van der Waals surface area contributed by atoms with Crippen LogP contribution in [0.4, 0.5) is 5.82 Å². The topological polar surface area (TPSA) is 46.6 Å². The van der Waals surface area contributed by atoms with Gasteiger partial charge < -0.3 is 10.6 Å².